The molecule has 2 N–H and O–H groups in total. The molecule has 0 fully saturated rings. The van der Waals surface area contributed by atoms with Crippen LogP contribution in [0.1, 0.15) is 12.5 Å². The Bertz CT molecular complexity index is 517. The van der Waals surface area contributed by atoms with E-state index >= 15 is 0 Å². The van der Waals surface area contributed by atoms with Gasteiger partial charge in [0.15, 0.2) is 0 Å². The van der Waals surface area contributed by atoms with Gasteiger partial charge in [-0.2, -0.15) is 5.10 Å². The molecule has 0 spiro atoms. The summed E-state index contributed by atoms with van der Waals surface area (Å²) in [6.45, 7) is 4.69. The first kappa shape index (κ1) is 10.7. The topological polar surface area (TPSA) is 43.8 Å². The maximum Gasteiger partial charge on any atom is 0.146 e. The van der Waals surface area contributed by atoms with E-state index in [1.807, 2.05) is 24.7 Å². The van der Waals surface area contributed by atoms with E-state index in [1.165, 1.54) is 6.07 Å². The Morgan fingerprint density at radius 3 is 2.81 bits per heavy atom. The molecule has 0 saturated heterocycles. The van der Waals surface area contributed by atoms with Crippen LogP contribution >= 0.6 is 0 Å². The number of halogens is 1. The smallest absolute Gasteiger partial charge is 0.146 e. The molecule has 2 aromatic rings. The van der Waals surface area contributed by atoms with Crippen LogP contribution in [0.25, 0.3) is 11.1 Å². The Morgan fingerprint density at radius 1 is 1.44 bits per heavy atom. The van der Waals surface area contributed by atoms with Crippen LogP contribution in [-0.2, 0) is 6.54 Å². The molecule has 16 heavy (non-hydrogen) atoms. The minimum absolute atomic E-state index is 0.171. The largest absolute Gasteiger partial charge is 0.396 e. The van der Waals surface area contributed by atoms with Gasteiger partial charge < -0.3 is 5.73 Å². The fourth-order valence-corrected chi connectivity index (χ4v) is 1.68. The van der Waals surface area contributed by atoms with Gasteiger partial charge in [-0.05, 0) is 37.1 Å². The van der Waals surface area contributed by atoms with Crippen molar-refractivity contribution in [2.24, 2.45) is 0 Å². The predicted octanol–water partition coefficient (Wildman–Crippen LogP) is 2.60. The highest BCUT2D eigenvalue weighted by Crippen LogP contribution is 2.26. The Balaban J connectivity index is 2.51. The highest BCUT2D eigenvalue weighted by atomic mass is 19.1. The number of aromatic nitrogens is 2. The van der Waals surface area contributed by atoms with Crippen LogP contribution in [0.15, 0.2) is 24.5 Å². The van der Waals surface area contributed by atoms with Crippen LogP contribution in [-0.4, -0.2) is 9.78 Å². The van der Waals surface area contributed by atoms with Crippen LogP contribution < -0.4 is 5.73 Å². The number of nitrogens with zero attached hydrogens (tertiary/aromatic N) is 2. The fraction of sp³-hybridized carbons (Fsp3) is 0.250. The SMILES string of the molecule is CCn1cc(-c2cc(N)c(F)cc2C)cn1. The number of aryl methyl sites for hydroxylation is 2. The van der Waals surface area contributed by atoms with Crippen molar-refractivity contribution in [1.82, 2.24) is 9.78 Å². The lowest BCUT2D eigenvalue weighted by Gasteiger charge is -2.05. The third-order valence-corrected chi connectivity index (χ3v) is 2.61. The Hall–Kier alpha value is -1.84. The number of anilines is 1. The third kappa shape index (κ3) is 1.78. The summed E-state index contributed by atoms with van der Waals surface area (Å²) in [7, 11) is 0. The van der Waals surface area contributed by atoms with Crippen molar-refractivity contribution in [2.75, 3.05) is 5.73 Å². The molecule has 4 heteroatoms. The van der Waals surface area contributed by atoms with E-state index in [0.29, 0.717) is 0 Å². The molecule has 3 nitrogen and oxygen atoms in total. The summed E-state index contributed by atoms with van der Waals surface area (Å²) >= 11 is 0. The van der Waals surface area contributed by atoms with E-state index in [-0.39, 0.29) is 11.5 Å². The van der Waals surface area contributed by atoms with E-state index in [9.17, 15) is 4.39 Å². The summed E-state index contributed by atoms with van der Waals surface area (Å²) in [6, 6.07) is 3.11. The summed E-state index contributed by atoms with van der Waals surface area (Å²) in [5.41, 5.74) is 8.49. The standard InChI is InChI=1S/C12H14FN3/c1-3-16-7-9(6-15-16)10-5-12(14)11(13)4-8(10)2/h4-7H,3,14H2,1-2H3. The molecule has 0 aliphatic rings. The van der Waals surface area contributed by atoms with Crippen molar-refractivity contribution in [3.05, 3.63) is 35.9 Å². The number of nitrogens with two attached hydrogens (primary N) is 1. The summed E-state index contributed by atoms with van der Waals surface area (Å²) in [5, 5.41) is 4.19. The fourth-order valence-electron chi connectivity index (χ4n) is 1.68. The molecule has 0 aliphatic carbocycles. The van der Waals surface area contributed by atoms with Gasteiger partial charge in [0.1, 0.15) is 5.82 Å². The van der Waals surface area contributed by atoms with E-state index in [0.717, 1.165) is 23.2 Å². The van der Waals surface area contributed by atoms with E-state index in [4.69, 9.17) is 5.73 Å². The van der Waals surface area contributed by atoms with Crippen molar-refractivity contribution in [3.8, 4) is 11.1 Å². The zero-order valence-corrected chi connectivity index (χ0v) is 9.37. The molecule has 0 atom stereocenters. The number of benzene rings is 1. The molecule has 0 radical (unpaired) electrons. The minimum atomic E-state index is -0.371. The molecule has 1 heterocycles. The van der Waals surface area contributed by atoms with E-state index in [2.05, 4.69) is 5.10 Å². The Labute approximate surface area is 93.7 Å². The summed E-state index contributed by atoms with van der Waals surface area (Å²) < 4.78 is 15.0. The molecule has 0 unspecified atom stereocenters. The van der Waals surface area contributed by atoms with Gasteiger partial charge in [-0.25, -0.2) is 4.39 Å². The molecule has 84 valence electrons. The number of hydrogen-bond donors (Lipinski definition) is 1. The second-order valence-corrected chi connectivity index (χ2v) is 3.77. The van der Waals surface area contributed by atoms with E-state index < -0.39 is 0 Å². The Morgan fingerprint density at radius 2 is 2.19 bits per heavy atom. The highest BCUT2D eigenvalue weighted by Gasteiger charge is 2.08. The second-order valence-electron chi connectivity index (χ2n) is 3.77. The average Bonchev–Trinajstić information content (AvgIpc) is 2.71. The lowest BCUT2D eigenvalue weighted by Crippen LogP contribution is -1.94. The molecule has 2 rings (SSSR count). The van der Waals surface area contributed by atoms with Crippen molar-refractivity contribution in [3.63, 3.8) is 0 Å². The summed E-state index contributed by atoms with van der Waals surface area (Å²) in [4.78, 5) is 0. The monoisotopic (exact) mass is 219 g/mol. The lowest BCUT2D eigenvalue weighted by molar-refractivity contribution is 0.631. The summed E-state index contributed by atoms with van der Waals surface area (Å²) in [6.07, 6.45) is 3.70. The molecule has 0 amide bonds. The quantitative estimate of drug-likeness (QED) is 0.789. The van der Waals surface area contributed by atoms with Gasteiger partial charge in [-0.1, -0.05) is 0 Å². The number of rotatable bonds is 2. The first-order valence-electron chi connectivity index (χ1n) is 5.20. The van der Waals surface area contributed by atoms with Crippen molar-refractivity contribution < 1.29 is 4.39 Å². The van der Waals surface area contributed by atoms with Gasteiger partial charge in [0.25, 0.3) is 0 Å². The Kier molecular flexibility index (Phi) is 2.64. The number of hydrogen-bond acceptors (Lipinski definition) is 2. The third-order valence-electron chi connectivity index (χ3n) is 2.61. The molecule has 1 aromatic heterocycles. The van der Waals surface area contributed by atoms with Gasteiger partial charge in [0.05, 0.1) is 11.9 Å². The molecule has 0 aliphatic heterocycles. The zero-order valence-electron chi connectivity index (χ0n) is 9.37. The average molecular weight is 219 g/mol. The van der Waals surface area contributed by atoms with Gasteiger partial charge >= 0.3 is 0 Å². The van der Waals surface area contributed by atoms with E-state index in [1.54, 1.807) is 12.3 Å². The molecule has 1 aromatic carbocycles. The first-order valence-corrected chi connectivity index (χ1v) is 5.20. The van der Waals surface area contributed by atoms with Gasteiger partial charge in [0, 0.05) is 18.3 Å². The van der Waals surface area contributed by atoms with Crippen LogP contribution in [0, 0.1) is 12.7 Å². The molecule has 0 bridgehead atoms. The summed E-state index contributed by atoms with van der Waals surface area (Å²) in [5.74, 6) is -0.371. The van der Waals surface area contributed by atoms with Gasteiger partial charge in [-0.15, -0.1) is 0 Å². The second kappa shape index (κ2) is 3.96. The van der Waals surface area contributed by atoms with Crippen LogP contribution in [0.3, 0.4) is 0 Å². The van der Waals surface area contributed by atoms with Crippen molar-refractivity contribution in [2.45, 2.75) is 20.4 Å². The van der Waals surface area contributed by atoms with Gasteiger partial charge in [-0.3, -0.25) is 4.68 Å². The molecule has 0 saturated carbocycles. The van der Waals surface area contributed by atoms with Crippen LogP contribution in [0.5, 0.6) is 0 Å². The molecular formula is C12H14FN3. The molecular weight excluding hydrogens is 205 g/mol. The van der Waals surface area contributed by atoms with Crippen molar-refractivity contribution in [1.29, 1.82) is 0 Å². The van der Waals surface area contributed by atoms with Crippen LogP contribution in [0.4, 0.5) is 10.1 Å². The predicted molar refractivity (Wildman–Crippen MR) is 62.4 cm³/mol. The maximum atomic E-state index is 13.2. The maximum absolute atomic E-state index is 13.2. The normalized spacial score (nSPS) is 10.7. The van der Waals surface area contributed by atoms with Crippen LogP contribution in [0.2, 0.25) is 0 Å². The first-order chi connectivity index (χ1) is 7.61. The minimum Gasteiger partial charge on any atom is -0.396 e. The lowest BCUT2D eigenvalue weighted by atomic mass is 10.0. The van der Waals surface area contributed by atoms with Crippen molar-refractivity contribution >= 4 is 5.69 Å². The number of nitrogen functional groups attached to an aromatic ring is 1. The van der Waals surface area contributed by atoms with Gasteiger partial charge in [0.2, 0.25) is 0 Å². The highest BCUT2D eigenvalue weighted by molar-refractivity contribution is 5.70. The zero-order chi connectivity index (χ0) is 11.7.